The lowest BCUT2D eigenvalue weighted by Gasteiger charge is -2.17. The minimum Gasteiger partial charge on any atom is -0.456 e. The maximum atomic E-state index is 12.6. The Morgan fingerprint density at radius 1 is 1.23 bits per heavy atom. The summed E-state index contributed by atoms with van der Waals surface area (Å²) in [6, 6.07) is 8.17. The van der Waals surface area contributed by atoms with E-state index in [0.29, 0.717) is 17.7 Å². The van der Waals surface area contributed by atoms with Crippen molar-refractivity contribution in [1.29, 1.82) is 0 Å². The van der Waals surface area contributed by atoms with Crippen molar-refractivity contribution in [1.82, 2.24) is 9.29 Å². The predicted molar refractivity (Wildman–Crippen MR) is 114 cm³/mol. The number of methoxy groups -OCH3 is 1. The summed E-state index contributed by atoms with van der Waals surface area (Å²) >= 11 is 0. The van der Waals surface area contributed by atoms with Crippen LogP contribution < -0.4 is 4.72 Å². The Balaban J connectivity index is 1.63. The predicted octanol–water partition coefficient (Wildman–Crippen LogP) is 1.78. The number of hydrogen-bond acceptors (Lipinski definition) is 7. The number of aryl methyl sites for hydroxylation is 1. The summed E-state index contributed by atoms with van der Waals surface area (Å²) in [5.41, 5.74) is 2.57. The highest BCUT2D eigenvalue weighted by atomic mass is 32.2. The van der Waals surface area contributed by atoms with E-state index in [1.54, 1.807) is 31.4 Å². The first-order chi connectivity index (χ1) is 14.7. The van der Waals surface area contributed by atoms with Gasteiger partial charge in [0.2, 0.25) is 5.78 Å². The molecule has 0 unspecified atom stereocenters. The summed E-state index contributed by atoms with van der Waals surface area (Å²) in [6.07, 6.45) is 0. The van der Waals surface area contributed by atoms with Gasteiger partial charge in [-0.1, -0.05) is 12.1 Å². The summed E-state index contributed by atoms with van der Waals surface area (Å²) in [4.78, 5) is 28.8. The number of Topliss-reactive ketones (excluding diaryl/α,β-unsaturated/α-hetero) is 1. The second-order valence-electron chi connectivity index (χ2n) is 7.31. The molecule has 1 N–H and O–H groups in total. The number of nitrogens with one attached hydrogen (secondary N) is 1. The van der Waals surface area contributed by atoms with Gasteiger partial charge in [0.25, 0.3) is 10.0 Å². The number of amidine groups is 1. The van der Waals surface area contributed by atoms with Gasteiger partial charge < -0.3 is 14.0 Å². The van der Waals surface area contributed by atoms with E-state index >= 15 is 0 Å². The lowest BCUT2D eigenvalue weighted by atomic mass is 10.1. The molecule has 1 aromatic heterocycles. The van der Waals surface area contributed by atoms with Gasteiger partial charge in [0.05, 0.1) is 17.5 Å². The zero-order chi connectivity index (χ0) is 22.8. The summed E-state index contributed by atoms with van der Waals surface area (Å²) in [6.45, 7) is 5.40. The van der Waals surface area contributed by atoms with Gasteiger partial charge >= 0.3 is 5.97 Å². The van der Waals surface area contributed by atoms with Gasteiger partial charge in [0.1, 0.15) is 12.4 Å². The molecule has 2 heterocycles. The molecule has 0 aliphatic carbocycles. The largest absolute Gasteiger partial charge is 0.456 e. The van der Waals surface area contributed by atoms with Crippen molar-refractivity contribution in [2.75, 3.05) is 26.9 Å². The molecule has 0 spiro atoms. The normalized spacial score (nSPS) is 16.6. The van der Waals surface area contributed by atoms with Crippen LogP contribution in [-0.2, 0) is 24.3 Å². The maximum Gasteiger partial charge on any atom is 0.328 e. The van der Waals surface area contributed by atoms with Crippen LogP contribution in [0.25, 0.3) is 0 Å². The lowest BCUT2D eigenvalue weighted by molar-refractivity contribution is -0.140. The number of carbonyl (C=O) groups is 2. The summed E-state index contributed by atoms with van der Waals surface area (Å²) in [7, 11) is -2.06. The molecule has 0 saturated heterocycles. The zero-order valence-corrected chi connectivity index (χ0v) is 18.7. The van der Waals surface area contributed by atoms with Gasteiger partial charge in [0, 0.05) is 29.6 Å². The Bertz CT molecular complexity index is 1150. The summed E-state index contributed by atoms with van der Waals surface area (Å²) < 4.78 is 38.7. The number of carbonyl (C=O) groups excluding carboxylic acids is 2. The van der Waals surface area contributed by atoms with Crippen LogP contribution in [-0.4, -0.2) is 57.4 Å². The molecular weight excluding hydrogens is 422 g/mol. The fourth-order valence-electron chi connectivity index (χ4n) is 3.72. The van der Waals surface area contributed by atoms with Crippen molar-refractivity contribution in [3.05, 3.63) is 52.8 Å². The second-order valence-corrected chi connectivity index (χ2v) is 8.96. The van der Waals surface area contributed by atoms with Crippen LogP contribution in [0.5, 0.6) is 0 Å². The molecule has 0 amide bonds. The quantitative estimate of drug-likeness (QED) is 0.487. The van der Waals surface area contributed by atoms with Crippen molar-refractivity contribution in [3.63, 3.8) is 0 Å². The standard InChI is InChI=1S/C21H25N3O6S/c1-13-9-17(15(3)24(13)14(2)11-29-4)18(25)12-30-20(26)10-22-21-16-7-5-6-8-19(16)31(27,28)23-21/h5-9,14H,10-12H2,1-4H3,(H,22,23)/t14-/m0/s1. The molecule has 0 radical (unpaired) electrons. The average molecular weight is 448 g/mol. The van der Waals surface area contributed by atoms with E-state index in [1.165, 1.54) is 6.07 Å². The van der Waals surface area contributed by atoms with E-state index in [4.69, 9.17) is 9.47 Å². The fraction of sp³-hybridized carbons (Fsp3) is 0.381. The second kappa shape index (κ2) is 9.03. The van der Waals surface area contributed by atoms with E-state index in [1.807, 2.05) is 25.3 Å². The smallest absolute Gasteiger partial charge is 0.328 e. The third-order valence-electron chi connectivity index (χ3n) is 5.03. The molecule has 1 atom stereocenters. The first-order valence-electron chi connectivity index (χ1n) is 9.68. The van der Waals surface area contributed by atoms with Crippen molar-refractivity contribution < 1.29 is 27.5 Å². The lowest BCUT2D eigenvalue weighted by Crippen LogP contribution is -2.24. The summed E-state index contributed by atoms with van der Waals surface area (Å²) in [5.74, 6) is -0.975. The molecule has 1 aromatic carbocycles. The number of sulfonamides is 1. The monoisotopic (exact) mass is 447 g/mol. The van der Waals surface area contributed by atoms with Crippen molar-refractivity contribution in [3.8, 4) is 0 Å². The van der Waals surface area contributed by atoms with E-state index in [0.717, 1.165) is 11.4 Å². The van der Waals surface area contributed by atoms with Gasteiger partial charge in [-0.05, 0) is 39.0 Å². The van der Waals surface area contributed by atoms with Crippen LogP contribution in [0.1, 0.15) is 40.3 Å². The Kier molecular flexibility index (Phi) is 6.61. The van der Waals surface area contributed by atoms with Crippen LogP contribution >= 0.6 is 0 Å². The van der Waals surface area contributed by atoms with Crippen molar-refractivity contribution in [2.45, 2.75) is 31.7 Å². The Morgan fingerprint density at radius 3 is 2.65 bits per heavy atom. The number of benzene rings is 1. The minimum absolute atomic E-state index is 0.0583. The van der Waals surface area contributed by atoms with Gasteiger partial charge in [-0.25, -0.2) is 8.42 Å². The fourth-order valence-corrected chi connectivity index (χ4v) is 4.97. The number of aromatic nitrogens is 1. The highest BCUT2D eigenvalue weighted by molar-refractivity contribution is 7.90. The number of aliphatic imine (C=N–C) groups is 1. The highest BCUT2D eigenvalue weighted by Gasteiger charge is 2.30. The molecule has 166 valence electrons. The average Bonchev–Trinajstić information content (AvgIpc) is 3.17. The molecule has 31 heavy (non-hydrogen) atoms. The molecule has 0 bridgehead atoms. The Labute approximate surface area is 181 Å². The van der Waals surface area contributed by atoms with Gasteiger partial charge in [-0.2, -0.15) is 0 Å². The van der Waals surface area contributed by atoms with Gasteiger partial charge in [-0.3, -0.25) is 19.3 Å². The zero-order valence-electron chi connectivity index (χ0n) is 17.8. The first-order valence-corrected chi connectivity index (χ1v) is 11.2. The Hall–Kier alpha value is -2.98. The molecule has 0 saturated carbocycles. The number of ether oxygens (including phenoxy) is 2. The van der Waals surface area contributed by atoms with Crippen molar-refractivity contribution >= 4 is 27.6 Å². The van der Waals surface area contributed by atoms with Gasteiger partial charge in [-0.15, -0.1) is 0 Å². The SMILES string of the molecule is COC[C@H](C)n1c(C)cc(C(=O)COC(=O)CN=C2NS(=O)(=O)c3ccccc32)c1C. The van der Waals surface area contributed by atoms with E-state index < -0.39 is 29.1 Å². The number of hydrogen-bond donors (Lipinski definition) is 1. The summed E-state index contributed by atoms with van der Waals surface area (Å²) in [5, 5.41) is 0. The molecule has 0 fully saturated rings. The van der Waals surface area contributed by atoms with Crippen LogP contribution in [0.4, 0.5) is 0 Å². The maximum absolute atomic E-state index is 12.6. The van der Waals surface area contributed by atoms with E-state index in [9.17, 15) is 18.0 Å². The topological polar surface area (TPSA) is 116 Å². The van der Waals surface area contributed by atoms with Crippen LogP contribution in [0.3, 0.4) is 0 Å². The number of esters is 1. The molecule has 2 aromatic rings. The third-order valence-corrected chi connectivity index (χ3v) is 6.42. The number of nitrogens with zero attached hydrogens (tertiary/aromatic N) is 2. The van der Waals surface area contributed by atoms with E-state index in [-0.39, 0.29) is 22.6 Å². The Morgan fingerprint density at radius 2 is 1.94 bits per heavy atom. The minimum atomic E-state index is -3.68. The van der Waals surface area contributed by atoms with Crippen LogP contribution in [0.2, 0.25) is 0 Å². The van der Waals surface area contributed by atoms with Crippen molar-refractivity contribution in [2.24, 2.45) is 4.99 Å². The van der Waals surface area contributed by atoms with Crippen LogP contribution in [0.15, 0.2) is 40.2 Å². The molecular formula is C21H25N3O6S. The highest BCUT2D eigenvalue weighted by Crippen LogP contribution is 2.23. The van der Waals surface area contributed by atoms with Gasteiger partial charge in [0.15, 0.2) is 6.61 Å². The molecule has 1 aliphatic rings. The van der Waals surface area contributed by atoms with Crippen LogP contribution in [0, 0.1) is 13.8 Å². The number of fused-ring (bicyclic) bond motifs is 1. The third kappa shape index (κ3) is 4.70. The molecule has 1 aliphatic heterocycles. The first kappa shape index (κ1) is 22.7. The molecule has 10 heteroatoms. The number of rotatable bonds is 8. The number of ketones is 1. The molecule has 9 nitrogen and oxygen atoms in total. The van der Waals surface area contributed by atoms with E-state index in [2.05, 4.69) is 9.71 Å². The molecule has 3 rings (SSSR count).